The van der Waals surface area contributed by atoms with Gasteiger partial charge in [-0.1, -0.05) is 6.07 Å². The Hall–Kier alpha value is -1.88. The second kappa shape index (κ2) is 7.05. The average Bonchev–Trinajstić information content (AvgIpc) is 2.98. The molecule has 0 bridgehead atoms. The summed E-state index contributed by atoms with van der Waals surface area (Å²) >= 11 is 1.72. The molecule has 2 heterocycles. The predicted octanol–water partition coefficient (Wildman–Crippen LogP) is 2.89. The SMILES string of the molecule is CCNc1ncccc1C(=O)N(C)CCc1cccs1. The summed E-state index contributed by atoms with van der Waals surface area (Å²) in [6.07, 6.45) is 2.58. The van der Waals surface area contributed by atoms with Crippen molar-refractivity contribution in [2.24, 2.45) is 0 Å². The van der Waals surface area contributed by atoms with Gasteiger partial charge in [-0.2, -0.15) is 0 Å². The zero-order valence-corrected chi connectivity index (χ0v) is 12.6. The highest BCUT2D eigenvalue weighted by molar-refractivity contribution is 7.09. The molecule has 106 valence electrons. The first-order valence-corrected chi connectivity index (χ1v) is 7.57. The summed E-state index contributed by atoms with van der Waals surface area (Å²) in [5.74, 6) is 0.661. The van der Waals surface area contributed by atoms with E-state index in [-0.39, 0.29) is 5.91 Å². The van der Waals surface area contributed by atoms with Crippen LogP contribution >= 0.6 is 11.3 Å². The maximum atomic E-state index is 12.4. The highest BCUT2D eigenvalue weighted by Gasteiger charge is 2.16. The number of nitrogens with one attached hydrogen (secondary N) is 1. The number of hydrogen-bond acceptors (Lipinski definition) is 4. The maximum Gasteiger partial charge on any atom is 0.257 e. The molecule has 0 aromatic carbocycles. The predicted molar refractivity (Wildman–Crippen MR) is 83.4 cm³/mol. The van der Waals surface area contributed by atoms with Gasteiger partial charge >= 0.3 is 0 Å². The highest BCUT2D eigenvalue weighted by atomic mass is 32.1. The minimum atomic E-state index is 0.00519. The van der Waals surface area contributed by atoms with Gasteiger partial charge in [0.15, 0.2) is 0 Å². The lowest BCUT2D eigenvalue weighted by molar-refractivity contribution is 0.0797. The summed E-state index contributed by atoms with van der Waals surface area (Å²) in [6, 6.07) is 7.74. The number of carbonyl (C=O) groups excluding carboxylic acids is 1. The first-order valence-electron chi connectivity index (χ1n) is 6.69. The van der Waals surface area contributed by atoms with Crippen LogP contribution in [-0.2, 0) is 6.42 Å². The Balaban J connectivity index is 2.02. The maximum absolute atomic E-state index is 12.4. The van der Waals surface area contributed by atoms with Crippen LogP contribution in [0.2, 0.25) is 0 Å². The molecular weight excluding hydrogens is 270 g/mol. The molecule has 0 unspecified atom stereocenters. The van der Waals surface area contributed by atoms with E-state index in [0.29, 0.717) is 17.9 Å². The summed E-state index contributed by atoms with van der Waals surface area (Å²) in [4.78, 5) is 19.7. The summed E-state index contributed by atoms with van der Waals surface area (Å²) in [6.45, 7) is 3.44. The average molecular weight is 289 g/mol. The van der Waals surface area contributed by atoms with E-state index in [0.717, 1.165) is 13.0 Å². The Morgan fingerprint density at radius 3 is 2.95 bits per heavy atom. The van der Waals surface area contributed by atoms with E-state index in [2.05, 4.69) is 21.7 Å². The van der Waals surface area contributed by atoms with E-state index >= 15 is 0 Å². The number of amides is 1. The van der Waals surface area contributed by atoms with Gasteiger partial charge in [0, 0.05) is 31.2 Å². The molecule has 0 fully saturated rings. The van der Waals surface area contributed by atoms with Gasteiger partial charge in [0.25, 0.3) is 5.91 Å². The van der Waals surface area contributed by atoms with Crippen LogP contribution in [-0.4, -0.2) is 35.9 Å². The van der Waals surface area contributed by atoms with Crippen LogP contribution in [0.5, 0.6) is 0 Å². The van der Waals surface area contributed by atoms with E-state index in [1.54, 1.807) is 28.5 Å². The van der Waals surface area contributed by atoms with Crippen LogP contribution in [0.1, 0.15) is 22.2 Å². The Morgan fingerprint density at radius 2 is 2.25 bits per heavy atom. The molecule has 0 spiro atoms. The fourth-order valence-electron chi connectivity index (χ4n) is 1.93. The van der Waals surface area contributed by atoms with Crippen LogP contribution in [0.4, 0.5) is 5.82 Å². The molecule has 0 aliphatic carbocycles. The molecule has 1 amide bonds. The smallest absolute Gasteiger partial charge is 0.257 e. The molecule has 0 radical (unpaired) electrons. The van der Waals surface area contributed by atoms with Crippen LogP contribution in [0, 0.1) is 0 Å². The third kappa shape index (κ3) is 3.57. The van der Waals surface area contributed by atoms with Crippen molar-refractivity contribution in [3.63, 3.8) is 0 Å². The first kappa shape index (κ1) is 14.5. The zero-order valence-electron chi connectivity index (χ0n) is 11.8. The van der Waals surface area contributed by atoms with E-state index < -0.39 is 0 Å². The molecule has 4 nitrogen and oxygen atoms in total. The van der Waals surface area contributed by atoms with Crippen molar-refractivity contribution in [3.05, 3.63) is 46.3 Å². The van der Waals surface area contributed by atoms with Crippen LogP contribution in [0.15, 0.2) is 35.8 Å². The van der Waals surface area contributed by atoms with E-state index in [9.17, 15) is 4.79 Å². The molecular formula is C15H19N3OS. The lowest BCUT2D eigenvalue weighted by Gasteiger charge is -2.18. The fourth-order valence-corrected chi connectivity index (χ4v) is 2.62. The molecule has 2 aromatic heterocycles. The molecule has 20 heavy (non-hydrogen) atoms. The number of thiophene rings is 1. The number of nitrogens with zero attached hydrogens (tertiary/aromatic N) is 2. The van der Waals surface area contributed by atoms with Crippen LogP contribution in [0.25, 0.3) is 0 Å². The summed E-state index contributed by atoms with van der Waals surface area (Å²) in [5, 5.41) is 5.18. The van der Waals surface area contributed by atoms with Crippen molar-refractivity contribution < 1.29 is 4.79 Å². The van der Waals surface area contributed by atoms with Crippen LogP contribution < -0.4 is 5.32 Å². The minimum absolute atomic E-state index is 0.00519. The monoisotopic (exact) mass is 289 g/mol. The molecule has 0 atom stereocenters. The zero-order chi connectivity index (χ0) is 14.4. The topological polar surface area (TPSA) is 45.2 Å². The van der Waals surface area contributed by atoms with Crippen molar-refractivity contribution in [2.75, 3.05) is 25.5 Å². The quantitative estimate of drug-likeness (QED) is 0.889. The lowest BCUT2D eigenvalue weighted by atomic mass is 10.2. The Bertz CT molecular complexity index is 554. The number of anilines is 1. The summed E-state index contributed by atoms with van der Waals surface area (Å²) in [7, 11) is 1.83. The van der Waals surface area contributed by atoms with Gasteiger partial charge < -0.3 is 10.2 Å². The van der Waals surface area contributed by atoms with E-state index in [1.165, 1.54) is 4.88 Å². The van der Waals surface area contributed by atoms with Crippen LogP contribution in [0.3, 0.4) is 0 Å². The van der Waals surface area contributed by atoms with Gasteiger partial charge in [0.1, 0.15) is 5.82 Å². The van der Waals surface area contributed by atoms with Crippen molar-refractivity contribution in [1.29, 1.82) is 0 Å². The van der Waals surface area contributed by atoms with Gasteiger partial charge in [-0.05, 0) is 36.9 Å². The summed E-state index contributed by atoms with van der Waals surface area (Å²) < 4.78 is 0. The summed E-state index contributed by atoms with van der Waals surface area (Å²) in [5.41, 5.74) is 0.628. The molecule has 0 aliphatic heterocycles. The molecule has 1 N–H and O–H groups in total. The van der Waals surface area contributed by atoms with Crippen molar-refractivity contribution in [3.8, 4) is 0 Å². The van der Waals surface area contributed by atoms with Gasteiger partial charge in [0.05, 0.1) is 5.56 Å². The van der Waals surface area contributed by atoms with Gasteiger partial charge in [-0.3, -0.25) is 4.79 Å². The Kier molecular flexibility index (Phi) is 5.12. The standard InChI is InChI=1S/C15H19N3OS/c1-3-16-14-13(7-4-9-17-14)15(19)18(2)10-8-12-6-5-11-20-12/h4-7,9,11H,3,8,10H2,1-2H3,(H,16,17). The van der Waals surface area contributed by atoms with Crippen molar-refractivity contribution in [2.45, 2.75) is 13.3 Å². The van der Waals surface area contributed by atoms with E-state index in [1.807, 2.05) is 26.1 Å². The number of hydrogen-bond donors (Lipinski definition) is 1. The fraction of sp³-hybridized carbons (Fsp3) is 0.333. The molecule has 2 aromatic rings. The van der Waals surface area contributed by atoms with Gasteiger partial charge in [-0.25, -0.2) is 4.98 Å². The number of aromatic nitrogens is 1. The lowest BCUT2D eigenvalue weighted by Crippen LogP contribution is -2.29. The number of likely N-dealkylation sites (N-methyl/N-ethyl adjacent to an activating group) is 1. The molecule has 5 heteroatoms. The first-order chi connectivity index (χ1) is 9.72. The van der Waals surface area contributed by atoms with E-state index in [4.69, 9.17) is 0 Å². The molecule has 0 aliphatic rings. The second-order valence-electron chi connectivity index (χ2n) is 4.49. The van der Waals surface area contributed by atoms with Gasteiger partial charge in [-0.15, -0.1) is 11.3 Å². The number of rotatable bonds is 6. The number of pyridine rings is 1. The Labute approximate surface area is 123 Å². The third-order valence-electron chi connectivity index (χ3n) is 3.00. The molecule has 0 saturated heterocycles. The molecule has 2 rings (SSSR count). The van der Waals surface area contributed by atoms with Crippen molar-refractivity contribution >= 4 is 23.1 Å². The minimum Gasteiger partial charge on any atom is -0.370 e. The van der Waals surface area contributed by atoms with Gasteiger partial charge in [0.2, 0.25) is 0 Å². The Morgan fingerprint density at radius 1 is 1.40 bits per heavy atom. The molecule has 0 saturated carbocycles. The third-order valence-corrected chi connectivity index (χ3v) is 3.94. The van der Waals surface area contributed by atoms with Crippen molar-refractivity contribution in [1.82, 2.24) is 9.88 Å². The number of carbonyl (C=O) groups is 1. The largest absolute Gasteiger partial charge is 0.370 e. The highest BCUT2D eigenvalue weighted by Crippen LogP contribution is 2.15. The second-order valence-corrected chi connectivity index (χ2v) is 5.52. The normalized spacial score (nSPS) is 10.3.